The summed E-state index contributed by atoms with van der Waals surface area (Å²) in [4.78, 5) is 0. The molecular formula is C3H4Br2F2. The molecule has 0 heterocycles. The summed E-state index contributed by atoms with van der Waals surface area (Å²) in [7, 11) is 0. The monoisotopic (exact) mass is 236 g/mol. The van der Waals surface area contributed by atoms with E-state index in [1.165, 1.54) is 0 Å². The zero-order valence-electron chi connectivity index (χ0n) is 3.59. The van der Waals surface area contributed by atoms with Crippen LogP contribution >= 0.6 is 31.9 Å². The maximum atomic E-state index is 12.0. The molecular weight excluding hydrogens is 234 g/mol. The van der Waals surface area contributed by atoms with Gasteiger partial charge in [0.1, 0.15) is 0 Å². The Labute approximate surface area is 57.5 Å². The molecule has 0 aliphatic heterocycles. The molecule has 1 atom stereocenters. The van der Waals surface area contributed by atoms with Crippen LogP contribution in [0.4, 0.5) is 8.78 Å². The molecule has 0 spiro atoms. The molecule has 0 N–H and O–H groups in total. The van der Waals surface area contributed by atoms with E-state index >= 15 is 0 Å². The van der Waals surface area contributed by atoms with Crippen LogP contribution in [-0.2, 0) is 0 Å². The van der Waals surface area contributed by atoms with E-state index in [1.54, 1.807) is 0 Å². The van der Waals surface area contributed by atoms with E-state index in [-0.39, 0.29) is 0 Å². The van der Waals surface area contributed by atoms with Gasteiger partial charge in [-0.25, -0.2) is 8.78 Å². The number of rotatable bonds is 1. The van der Waals surface area contributed by atoms with Crippen LogP contribution in [0, 0.1) is 0 Å². The third kappa shape index (κ3) is 3.41. The Hall–Kier alpha value is 0.820. The van der Waals surface area contributed by atoms with Crippen molar-refractivity contribution in [1.82, 2.24) is 0 Å². The van der Waals surface area contributed by atoms with E-state index in [0.29, 0.717) is 0 Å². The zero-order valence-corrected chi connectivity index (χ0v) is 6.76. The molecule has 0 aliphatic carbocycles. The summed E-state index contributed by atoms with van der Waals surface area (Å²) in [6.45, 7) is 1.11. The van der Waals surface area contributed by atoms with Crippen molar-refractivity contribution in [2.24, 2.45) is 0 Å². The van der Waals surface area contributed by atoms with Crippen molar-refractivity contribution in [2.45, 2.75) is 16.6 Å². The molecule has 0 nitrogen and oxygen atoms in total. The molecule has 0 aromatic heterocycles. The molecule has 0 saturated carbocycles. The van der Waals surface area contributed by atoms with Crippen molar-refractivity contribution in [3.8, 4) is 0 Å². The fraction of sp³-hybridized carbons (Fsp3) is 1.00. The second-order valence-electron chi connectivity index (χ2n) is 1.16. The highest BCUT2D eigenvalue weighted by Gasteiger charge is 2.28. The van der Waals surface area contributed by atoms with Crippen LogP contribution in [0.3, 0.4) is 0 Å². The lowest BCUT2D eigenvalue weighted by Crippen LogP contribution is -2.15. The van der Waals surface area contributed by atoms with E-state index in [2.05, 4.69) is 31.9 Å². The number of hydrogen-bond donors (Lipinski definition) is 0. The Morgan fingerprint density at radius 2 is 1.71 bits per heavy atom. The minimum atomic E-state index is -2.04. The summed E-state index contributed by atoms with van der Waals surface area (Å²) in [6.07, 6.45) is -1.53. The van der Waals surface area contributed by atoms with Gasteiger partial charge in [-0.1, -0.05) is 0 Å². The fourth-order valence-electron chi connectivity index (χ4n) is 0. The molecule has 0 rings (SSSR count). The summed E-state index contributed by atoms with van der Waals surface area (Å²) < 4.78 is 21.7. The van der Waals surface area contributed by atoms with Gasteiger partial charge in [-0.15, -0.1) is 0 Å². The second kappa shape index (κ2) is 2.40. The van der Waals surface area contributed by atoms with Crippen molar-refractivity contribution >= 4 is 31.9 Å². The molecule has 7 heavy (non-hydrogen) atoms. The molecule has 0 bridgehead atoms. The average molecular weight is 238 g/mol. The van der Waals surface area contributed by atoms with Crippen molar-refractivity contribution in [1.29, 1.82) is 0 Å². The lowest BCUT2D eigenvalue weighted by molar-refractivity contribution is 0.240. The molecule has 0 fully saturated rings. The van der Waals surface area contributed by atoms with Crippen molar-refractivity contribution in [2.75, 3.05) is 0 Å². The third-order valence-electron chi connectivity index (χ3n) is 0.451. The van der Waals surface area contributed by atoms with Crippen LogP contribution in [0.5, 0.6) is 0 Å². The highest BCUT2D eigenvalue weighted by molar-refractivity contribution is 9.25. The SMILES string of the molecule is CC(F)C(F)(Br)Br. The topological polar surface area (TPSA) is 0 Å². The predicted octanol–water partition coefficient (Wildman–Crippen LogP) is 2.76. The van der Waals surface area contributed by atoms with Crippen LogP contribution in [0.1, 0.15) is 6.92 Å². The predicted molar refractivity (Wildman–Crippen MR) is 32.3 cm³/mol. The van der Waals surface area contributed by atoms with Gasteiger partial charge in [-0.3, -0.25) is 0 Å². The van der Waals surface area contributed by atoms with Crippen molar-refractivity contribution < 1.29 is 8.78 Å². The molecule has 0 saturated heterocycles. The van der Waals surface area contributed by atoms with Crippen LogP contribution in [0.25, 0.3) is 0 Å². The van der Waals surface area contributed by atoms with E-state index in [1.807, 2.05) is 0 Å². The number of halogens is 4. The van der Waals surface area contributed by atoms with Gasteiger partial charge in [-0.2, -0.15) is 0 Å². The highest BCUT2D eigenvalue weighted by atomic mass is 79.9. The van der Waals surface area contributed by atoms with Gasteiger partial charge in [-0.05, 0) is 38.8 Å². The molecule has 44 valence electrons. The Balaban J connectivity index is 3.54. The Morgan fingerprint density at radius 1 is 1.57 bits per heavy atom. The Bertz CT molecular complexity index is 56.4. The van der Waals surface area contributed by atoms with Gasteiger partial charge >= 0.3 is 0 Å². The van der Waals surface area contributed by atoms with Gasteiger partial charge in [0.15, 0.2) is 6.17 Å². The second-order valence-corrected chi connectivity index (χ2v) is 4.53. The summed E-state index contributed by atoms with van der Waals surface area (Å²) in [5, 5.41) is 0. The molecule has 1 unspecified atom stereocenters. The third-order valence-corrected chi connectivity index (χ3v) is 1.71. The lowest BCUT2D eigenvalue weighted by Gasteiger charge is -2.08. The molecule has 0 radical (unpaired) electrons. The molecule has 0 aromatic carbocycles. The number of hydrogen-bond acceptors (Lipinski definition) is 0. The summed E-state index contributed by atoms with van der Waals surface area (Å²) in [5.41, 5.74) is 0. The first kappa shape index (κ1) is 7.82. The zero-order chi connectivity index (χ0) is 6.08. The van der Waals surface area contributed by atoms with Gasteiger partial charge in [0.05, 0.1) is 0 Å². The first-order valence-electron chi connectivity index (χ1n) is 1.65. The van der Waals surface area contributed by atoms with E-state index < -0.39 is 9.66 Å². The minimum absolute atomic E-state index is 1.11. The van der Waals surface area contributed by atoms with Crippen molar-refractivity contribution in [3.63, 3.8) is 0 Å². The lowest BCUT2D eigenvalue weighted by atomic mass is 10.5. The quantitative estimate of drug-likeness (QED) is 0.616. The standard InChI is InChI=1S/C3H4Br2F2/c1-2(6)3(4,5)7/h2H,1H3. The highest BCUT2D eigenvalue weighted by Crippen LogP contribution is 2.33. The smallest absolute Gasteiger partial charge is 0.242 e. The summed E-state index contributed by atoms with van der Waals surface area (Å²) in [6, 6.07) is 0. The Kier molecular flexibility index (Phi) is 2.68. The first-order chi connectivity index (χ1) is 2.94. The van der Waals surface area contributed by atoms with E-state index in [9.17, 15) is 8.78 Å². The fourth-order valence-corrected chi connectivity index (χ4v) is 0. The average Bonchev–Trinajstić information content (AvgIpc) is 1.31. The minimum Gasteiger partial charge on any atom is -0.242 e. The number of alkyl halides is 4. The van der Waals surface area contributed by atoms with Gasteiger partial charge in [0.25, 0.3) is 0 Å². The van der Waals surface area contributed by atoms with Gasteiger partial charge in [0, 0.05) is 0 Å². The largest absolute Gasteiger partial charge is 0.249 e. The molecule has 0 amide bonds. The van der Waals surface area contributed by atoms with Gasteiger partial charge < -0.3 is 0 Å². The van der Waals surface area contributed by atoms with Crippen molar-refractivity contribution in [3.05, 3.63) is 0 Å². The van der Waals surface area contributed by atoms with Crippen LogP contribution in [0.2, 0.25) is 0 Å². The Morgan fingerprint density at radius 3 is 1.71 bits per heavy atom. The molecule has 0 aliphatic rings. The molecule has 4 heteroatoms. The summed E-state index contributed by atoms with van der Waals surface area (Å²) >= 11 is 4.84. The maximum Gasteiger partial charge on any atom is 0.249 e. The van der Waals surface area contributed by atoms with Crippen LogP contribution in [-0.4, -0.2) is 9.66 Å². The summed E-state index contributed by atoms with van der Waals surface area (Å²) in [5.74, 6) is 0. The normalized spacial score (nSPS) is 16.7. The van der Waals surface area contributed by atoms with Crippen LogP contribution < -0.4 is 0 Å². The van der Waals surface area contributed by atoms with Crippen LogP contribution in [0.15, 0.2) is 0 Å². The van der Waals surface area contributed by atoms with E-state index in [4.69, 9.17) is 0 Å². The first-order valence-corrected chi connectivity index (χ1v) is 3.24. The molecule has 0 aromatic rings. The maximum absolute atomic E-state index is 12.0. The van der Waals surface area contributed by atoms with Gasteiger partial charge in [0.2, 0.25) is 3.49 Å². The van der Waals surface area contributed by atoms with E-state index in [0.717, 1.165) is 6.92 Å².